The highest BCUT2D eigenvalue weighted by atomic mass is 15.1. The maximum atomic E-state index is 9.01. The molecule has 5 heteroatoms. The molecule has 0 aliphatic carbocycles. The van der Waals surface area contributed by atoms with Crippen molar-refractivity contribution in [3.8, 4) is 6.07 Å². The van der Waals surface area contributed by atoms with Crippen LogP contribution in [0.3, 0.4) is 0 Å². The zero-order valence-corrected chi connectivity index (χ0v) is 14.5. The number of aromatic nitrogens is 2. The molecule has 2 N–H and O–H groups in total. The summed E-state index contributed by atoms with van der Waals surface area (Å²) in [6.07, 6.45) is 0. The van der Waals surface area contributed by atoms with Gasteiger partial charge in [0.25, 0.3) is 0 Å². The smallest absolute Gasteiger partial charge is 0.229 e. The number of nitrogens with zero attached hydrogens (tertiary/aromatic N) is 3. The molecule has 0 radical (unpaired) electrons. The molecule has 0 aliphatic rings. The van der Waals surface area contributed by atoms with Crippen molar-refractivity contribution in [2.45, 2.75) is 20.8 Å². The highest BCUT2D eigenvalue weighted by Crippen LogP contribution is 2.23. The van der Waals surface area contributed by atoms with Crippen LogP contribution in [0.1, 0.15) is 22.4 Å². The van der Waals surface area contributed by atoms with Gasteiger partial charge in [0.2, 0.25) is 5.95 Å². The van der Waals surface area contributed by atoms with E-state index in [2.05, 4.69) is 46.6 Å². The lowest BCUT2D eigenvalue weighted by atomic mass is 10.1. The molecule has 0 aliphatic heterocycles. The Morgan fingerprint density at radius 3 is 2.52 bits per heavy atom. The van der Waals surface area contributed by atoms with Crippen LogP contribution < -0.4 is 10.6 Å². The molecule has 1 heterocycles. The molecule has 0 amide bonds. The van der Waals surface area contributed by atoms with Gasteiger partial charge in [0.15, 0.2) is 0 Å². The molecule has 0 fully saturated rings. The first-order valence-corrected chi connectivity index (χ1v) is 8.01. The van der Waals surface area contributed by atoms with Crippen molar-refractivity contribution in [2.75, 3.05) is 10.6 Å². The largest absolute Gasteiger partial charge is 0.340 e. The van der Waals surface area contributed by atoms with Crippen LogP contribution in [0.4, 0.5) is 23.1 Å². The normalized spacial score (nSPS) is 10.2. The average molecular weight is 329 g/mol. The zero-order chi connectivity index (χ0) is 17.8. The standard InChI is InChI=1S/C20H19N5/c1-13-6-4-9-18(15(13)3)24-19-10-14(2)22-20(25-19)23-17-8-5-7-16(11-17)12-21/h4-11H,1-3H3,(H2,22,23,24,25). The van der Waals surface area contributed by atoms with Gasteiger partial charge in [-0.25, -0.2) is 4.98 Å². The van der Waals surface area contributed by atoms with E-state index in [9.17, 15) is 0 Å². The summed E-state index contributed by atoms with van der Waals surface area (Å²) in [4.78, 5) is 8.96. The van der Waals surface area contributed by atoms with Crippen LogP contribution in [-0.4, -0.2) is 9.97 Å². The third-order valence-electron chi connectivity index (χ3n) is 3.97. The number of anilines is 4. The molecule has 0 bridgehead atoms. The van der Waals surface area contributed by atoms with Crippen molar-refractivity contribution in [1.82, 2.24) is 9.97 Å². The van der Waals surface area contributed by atoms with Gasteiger partial charge in [0, 0.05) is 23.1 Å². The maximum absolute atomic E-state index is 9.01. The van der Waals surface area contributed by atoms with Crippen LogP contribution >= 0.6 is 0 Å². The SMILES string of the molecule is Cc1cc(Nc2cccc(C)c2C)nc(Nc2cccc(C#N)c2)n1. The first-order chi connectivity index (χ1) is 12.0. The Kier molecular flexibility index (Phi) is 4.62. The summed E-state index contributed by atoms with van der Waals surface area (Å²) in [5, 5.41) is 15.5. The van der Waals surface area contributed by atoms with Gasteiger partial charge < -0.3 is 10.6 Å². The van der Waals surface area contributed by atoms with Crippen LogP contribution in [0.25, 0.3) is 0 Å². The maximum Gasteiger partial charge on any atom is 0.229 e. The van der Waals surface area contributed by atoms with E-state index in [1.54, 1.807) is 12.1 Å². The van der Waals surface area contributed by atoms with E-state index < -0.39 is 0 Å². The Morgan fingerprint density at radius 2 is 1.72 bits per heavy atom. The molecule has 1 aromatic heterocycles. The minimum atomic E-state index is 0.489. The van der Waals surface area contributed by atoms with Gasteiger partial charge in [-0.05, 0) is 56.2 Å². The highest BCUT2D eigenvalue weighted by molar-refractivity contribution is 5.64. The lowest BCUT2D eigenvalue weighted by Gasteiger charge is -2.13. The van der Waals surface area contributed by atoms with Crippen molar-refractivity contribution in [3.05, 3.63) is 70.9 Å². The topological polar surface area (TPSA) is 73.6 Å². The van der Waals surface area contributed by atoms with Crippen molar-refractivity contribution >= 4 is 23.1 Å². The fourth-order valence-corrected chi connectivity index (χ4v) is 2.51. The molecule has 0 spiro atoms. The Morgan fingerprint density at radius 1 is 0.920 bits per heavy atom. The molecule has 25 heavy (non-hydrogen) atoms. The molecule has 5 nitrogen and oxygen atoms in total. The summed E-state index contributed by atoms with van der Waals surface area (Å²) in [5.41, 5.74) is 5.66. The Hall–Kier alpha value is -3.39. The Labute approximate surface area is 147 Å². The molecule has 0 unspecified atom stereocenters. The fraction of sp³-hybridized carbons (Fsp3) is 0.150. The third kappa shape index (κ3) is 3.93. The van der Waals surface area contributed by atoms with Gasteiger partial charge in [-0.2, -0.15) is 10.2 Å². The lowest BCUT2D eigenvalue weighted by Crippen LogP contribution is -2.03. The van der Waals surface area contributed by atoms with Crippen molar-refractivity contribution in [2.24, 2.45) is 0 Å². The Bertz CT molecular complexity index is 957. The number of hydrogen-bond donors (Lipinski definition) is 2. The van der Waals surface area contributed by atoms with Crippen LogP contribution in [0.2, 0.25) is 0 Å². The summed E-state index contributed by atoms with van der Waals surface area (Å²) in [5.74, 6) is 1.21. The number of nitrogens with one attached hydrogen (secondary N) is 2. The first kappa shape index (κ1) is 16.5. The molecule has 3 aromatic rings. The number of hydrogen-bond acceptors (Lipinski definition) is 5. The average Bonchev–Trinajstić information content (AvgIpc) is 2.59. The van der Waals surface area contributed by atoms with Crippen LogP contribution in [0.15, 0.2) is 48.5 Å². The van der Waals surface area contributed by atoms with E-state index in [4.69, 9.17) is 5.26 Å². The van der Waals surface area contributed by atoms with Gasteiger partial charge in [-0.3, -0.25) is 0 Å². The van der Waals surface area contributed by atoms with Gasteiger partial charge in [0.05, 0.1) is 11.6 Å². The van der Waals surface area contributed by atoms with E-state index >= 15 is 0 Å². The van der Waals surface area contributed by atoms with E-state index in [0.29, 0.717) is 11.5 Å². The van der Waals surface area contributed by atoms with E-state index in [1.165, 1.54) is 11.1 Å². The van der Waals surface area contributed by atoms with E-state index in [-0.39, 0.29) is 0 Å². The minimum Gasteiger partial charge on any atom is -0.340 e. The summed E-state index contributed by atoms with van der Waals surface area (Å²) >= 11 is 0. The quantitative estimate of drug-likeness (QED) is 0.722. The van der Waals surface area contributed by atoms with Crippen LogP contribution in [0.5, 0.6) is 0 Å². The minimum absolute atomic E-state index is 0.489. The lowest BCUT2D eigenvalue weighted by molar-refractivity contribution is 1.11. The second kappa shape index (κ2) is 7.02. The second-order valence-corrected chi connectivity index (χ2v) is 5.91. The van der Waals surface area contributed by atoms with Gasteiger partial charge >= 0.3 is 0 Å². The number of benzene rings is 2. The monoisotopic (exact) mass is 329 g/mol. The zero-order valence-electron chi connectivity index (χ0n) is 14.5. The fourth-order valence-electron chi connectivity index (χ4n) is 2.51. The van der Waals surface area contributed by atoms with Gasteiger partial charge in [-0.15, -0.1) is 0 Å². The number of rotatable bonds is 4. The number of aryl methyl sites for hydroxylation is 2. The van der Waals surface area contributed by atoms with Crippen LogP contribution in [-0.2, 0) is 0 Å². The van der Waals surface area contributed by atoms with Crippen molar-refractivity contribution in [3.63, 3.8) is 0 Å². The van der Waals surface area contributed by atoms with Crippen molar-refractivity contribution < 1.29 is 0 Å². The molecule has 124 valence electrons. The summed E-state index contributed by atoms with van der Waals surface area (Å²) in [6, 6.07) is 17.4. The predicted octanol–water partition coefficient (Wildman–Crippen LogP) is 4.76. The Balaban J connectivity index is 1.87. The second-order valence-electron chi connectivity index (χ2n) is 5.91. The molecule has 2 aromatic carbocycles. The molecule has 3 rings (SSSR count). The van der Waals surface area contributed by atoms with Crippen molar-refractivity contribution in [1.29, 1.82) is 5.26 Å². The van der Waals surface area contributed by atoms with Gasteiger partial charge in [-0.1, -0.05) is 18.2 Å². The van der Waals surface area contributed by atoms with Crippen LogP contribution in [0, 0.1) is 32.1 Å². The van der Waals surface area contributed by atoms with E-state index in [1.807, 2.05) is 37.3 Å². The molecule has 0 atom stereocenters. The summed E-state index contributed by atoms with van der Waals surface area (Å²) in [7, 11) is 0. The highest BCUT2D eigenvalue weighted by Gasteiger charge is 2.06. The molecular weight excluding hydrogens is 310 g/mol. The first-order valence-electron chi connectivity index (χ1n) is 8.01. The predicted molar refractivity (Wildman–Crippen MR) is 100 cm³/mol. The number of nitriles is 1. The van der Waals surface area contributed by atoms with E-state index in [0.717, 1.165) is 22.9 Å². The summed E-state index contributed by atoms with van der Waals surface area (Å²) < 4.78 is 0. The molecular formula is C20H19N5. The molecule has 0 saturated carbocycles. The summed E-state index contributed by atoms with van der Waals surface area (Å²) in [6.45, 7) is 6.09. The third-order valence-corrected chi connectivity index (χ3v) is 3.97. The molecule has 0 saturated heterocycles. The van der Waals surface area contributed by atoms with Gasteiger partial charge in [0.1, 0.15) is 5.82 Å².